The van der Waals surface area contributed by atoms with Crippen LogP contribution >= 0.6 is 0 Å². The van der Waals surface area contributed by atoms with E-state index in [-0.39, 0.29) is 11.9 Å². The molecule has 142 valence electrons. The normalized spacial score (nSPS) is 14.0. The Bertz CT molecular complexity index is 362. The summed E-state index contributed by atoms with van der Waals surface area (Å²) in [5, 5.41) is 14.7. The number of rotatable bonds is 14. The van der Waals surface area contributed by atoms with E-state index in [0.717, 1.165) is 38.6 Å². The maximum Gasteiger partial charge on any atom is 0.320 e. The van der Waals surface area contributed by atoms with Crippen molar-refractivity contribution in [1.82, 2.24) is 20.4 Å². The summed E-state index contributed by atoms with van der Waals surface area (Å²) >= 11 is 0. The van der Waals surface area contributed by atoms with Crippen LogP contribution in [-0.4, -0.2) is 87.2 Å². The number of hydrogen-bond acceptors (Lipinski definition) is 5. The Kier molecular flexibility index (Phi) is 12.5. The second-order valence-electron chi connectivity index (χ2n) is 6.74. The molecule has 0 aliphatic heterocycles. The summed E-state index contributed by atoms with van der Waals surface area (Å²) in [6.45, 7) is 1.63. The highest BCUT2D eigenvalue weighted by molar-refractivity contribution is 5.81. The van der Waals surface area contributed by atoms with Gasteiger partial charge in [0.25, 0.3) is 0 Å². The number of amides is 1. The quantitative estimate of drug-likeness (QED) is 0.400. The summed E-state index contributed by atoms with van der Waals surface area (Å²) in [6, 6.07) is -0.608. The van der Waals surface area contributed by atoms with Crippen LogP contribution in [0.3, 0.4) is 0 Å². The molecule has 3 N–H and O–H groups in total. The predicted molar refractivity (Wildman–Crippen MR) is 97.2 cm³/mol. The minimum absolute atomic E-state index is 0.0632. The number of aliphatic carboxylic acids is 1. The van der Waals surface area contributed by atoms with E-state index in [9.17, 15) is 9.59 Å². The van der Waals surface area contributed by atoms with Gasteiger partial charge in [-0.05, 0) is 73.9 Å². The Morgan fingerprint density at radius 1 is 1.00 bits per heavy atom. The number of nitrogens with one attached hydrogen (secondary N) is 2. The molecule has 2 atom stereocenters. The van der Waals surface area contributed by atoms with Gasteiger partial charge in [0.15, 0.2) is 0 Å². The molecule has 0 aromatic heterocycles. The monoisotopic (exact) mass is 344 g/mol. The number of unbranched alkanes of at least 4 members (excludes halogenated alkanes) is 2. The van der Waals surface area contributed by atoms with Crippen molar-refractivity contribution in [2.75, 3.05) is 48.3 Å². The Morgan fingerprint density at radius 2 is 1.62 bits per heavy atom. The number of carbonyl (C=O) groups is 2. The zero-order valence-corrected chi connectivity index (χ0v) is 16.0. The van der Waals surface area contributed by atoms with Gasteiger partial charge in [0.1, 0.15) is 6.04 Å². The second-order valence-corrected chi connectivity index (χ2v) is 6.74. The molecule has 0 aliphatic rings. The Morgan fingerprint density at radius 3 is 2.12 bits per heavy atom. The average molecular weight is 345 g/mol. The van der Waals surface area contributed by atoms with E-state index in [0.29, 0.717) is 13.0 Å². The van der Waals surface area contributed by atoms with E-state index in [1.165, 1.54) is 0 Å². The highest BCUT2D eigenvalue weighted by atomic mass is 16.4. The third-order valence-electron chi connectivity index (χ3n) is 4.12. The van der Waals surface area contributed by atoms with Crippen LogP contribution in [-0.2, 0) is 9.59 Å². The first-order chi connectivity index (χ1) is 11.3. The van der Waals surface area contributed by atoms with E-state index in [2.05, 4.69) is 29.6 Å². The molecule has 2 unspecified atom stereocenters. The van der Waals surface area contributed by atoms with Crippen molar-refractivity contribution in [2.45, 2.75) is 50.6 Å². The zero-order valence-electron chi connectivity index (χ0n) is 16.0. The van der Waals surface area contributed by atoms with Crippen LogP contribution in [0.2, 0.25) is 0 Å². The van der Waals surface area contributed by atoms with Crippen LogP contribution in [0.25, 0.3) is 0 Å². The number of likely N-dealkylation sites (N-methyl/N-ethyl adjacent to an activating group) is 2. The summed E-state index contributed by atoms with van der Waals surface area (Å²) in [6.07, 6.45) is 5.10. The molecule has 0 fully saturated rings. The van der Waals surface area contributed by atoms with Crippen molar-refractivity contribution >= 4 is 11.9 Å². The van der Waals surface area contributed by atoms with Gasteiger partial charge >= 0.3 is 5.97 Å². The number of hydrogen-bond donors (Lipinski definition) is 3. The Labute approximate surface area is 146 Å². The zero-order chi connectivity index (χ0) is 18.5. The van der Waals surface area contributed by atoms with Crippen LogP contribution in [0.5, 0.6) is 0 Å². The molecule has 0 radical (unpaired) electrons. The van der Waals surface area contributed by atoms with Gasteiger partial charge in [0.2, 0.25) is 5.91 Å². The molecule has 7 heteroatoms. The fourth-order valence-corrected chi connectivity index (χ4v) is 2.58. The molecule has 0 saturated heterocycles. The van der Waals surface area contributed by atoms with Crippen LogP contribution in [0.1, 0.15) is 38.5 Å². The SMILES string of the molecule is CNC(CCCCNC(=O)C(CCCCN(C)C)N(C)C)C(=O)O. The molecular formula is C17H36N4O3. The highest BCUT2D eigenvalue weighted by Crippen LogP contribution is 2.07. The van der Waals surface area contributed by atoms with E-state index >= 15 is 0 Å². The van der Waals surface area contributed by atoms with Crippen molar-refractivity contribution in [3.05, 3.63) is 0 Å². The summed E-state index contributed by atoms with van der Waals surface area (Å²) in [4.78, 5) is 27.3. The molecule has 7 nitrogen and oxygen atoms in total. The van der Waals surface area contributed by atoms with Crippen LogP contribution in [0, 0.1) is 0 Å². The van der Waals surface area contributed by atoms with E-state index in [1.807, 2.05) is 19.0 Å². The Hall–Kier alpha value is -1.18. The summed E-state index contributed by atoms with van der Waals surface area (Å²) in [5.41, 5.74) is 0. The van der Waals surface area contributed by atoms with Gasteiger partial charge in [-0.15, -0.1) is 0 Å². The van der Waals surface area contributed by atoms with Crippen LogP contribution in [0.15, 0.2) is 0 Å². The number of nitrogens with zero attached hydrogens (tertiary/aromatic N) is 2. The molecule has 0 aliphatic carbocycles. The third-order valence-corrected chi connectivity index (χ3v) is 4.12. The molecule has 0 aromatic carbocycles. The molecule has 24 heavy (non-hydrogen) atoms. The lowest BCUT2D eigenvalue weighted by Gasteiger charge is -2.23. The van der Waals surface area contributed by atoms with Gasteiger partial charge in [-0.1, -0.05) is 6.42 Å². The van der Waals surface area contributed by atoms with Gasteiger partial charge < -0.3 is 20.6 Å². The molecule has 0 rings (SSSR count). The lowest BCUT2D eigenvalue weighted by atomic mass is 10.1. The average Bonchev–Trinajstić information content (AvgIpc) is 2.49. The summed E-state index contributed by atoms with van der Waals surface area (Å²) in [7, 11) is 9.62. The van der Waals surface area contributed by atoms with Crippen molar-refractivity contribution in [3.8, 4) is 0 Å². The second kappa shape index (κ2) is 13.1. The lowest BCUT2D eigenvalue weighted by molar-refractivity contribution is -0.139. The predicted octanol–water partition coefficient (Wildman–Crippen LogP) is 0.608. The van der Waals surface area contributed by atoms with Crippen molar-refractivity contribution in [2.24, 2.45) is 0 Å². The Balaban J connectivity index is 4.00. The fraction of sp³-hybridized carbons (Fsp3) is 0.882. The lowest BCUT2D eigenvalue weighted by Crippen LogP contribution is -2.43. The number of carboxylic acids is 1. The number of carbonyl (C=O) groups excluding carboxylic acids is 1. The smallest absolute Gasteiger partial charge is 0.320 e. The molecule has 0 spiro atoms. The molecule has 0 saturated carbocycles. The van der Waals surface area contributed by atoms with E-state index in [4.69, 9.17) is 5.11 Å². The first-order valence-corrected chi connectivity index (χ1v) is 8.78. The highest BCUT2D eigenvalue weighted by Gasteiger charge is 2.20. The molecule has 0 bridgehead atoms. The molecule has 0 heterocycles. The van der Waals surface area contributed by atoms with Crippen LogP contribution in [0.4, 0.5) is 0 Å². The standard InChI is InChI=1S/C17H36N4O3/c1-18-14(17(23)24)10-6-8-12-19-16(22)15(21(4)5)11-7-9-13-20(2)3/h14-15,18H,6-13H2,1-5H3,(H,19,22)(H,23,24). The minimum atomic E-state index is -0.827. The minimum Gasteiger partial charge on any atom is -0.480 e. The molecule has 0 aromatic rings. The first kappa shape index (κ1) is 22.8. The maximum atomic E-state index is 12.3. The van der Waals surface area contributed by atoms with Crippen molar-refractivity contribution < 1.29 is 14.7 Å². The third kappa shape index (κ3) is 10.6. The summed E-state index contributed by atoms with van der Waals surface area (Å²) in [5.74, 6) is -0.764. The van der Waals surface area contributed by atoms with Gasteiger partial charge in [0, 0.05) is 6.54 Å². The van der Waals surface area contributed by atoms with Crippen molar-refractivity contribution in [3.63, 3.8) is 0 Å². The topological polar surface area (TPSA) is 84.9 Å². The maximum absolute atomic E-state index is 12.3. The molecule has 1 amide bonds. The fourth-order valence-electron chi connectivity index (χ4n) is 2.58. The van der Waals surface area contributed by atoms with Gasteiger partial charge in [-0.3, -0.25) is 14.5 Å². The van der Waals surface area contributed by atoms with Crippen LogP contribution < -0.4 is 10.6 Å². The number of carboxylic acid groups (broad SMARTS) is 1. The van der Waals surface area contributed by atoms with E-state index in [1.54, 1.807) is 7.05 Å². The largest absolute Gasteiger partial charge is 0.480 e. The first-order valence-electron chi connectivity index (χ1n) is 8.78. The van der Waals surface area contributed by atoms with E-state index < -0.39 is 12.0 Å². The van der Waals surface area contributed by atoms with Gasteiger partial charge in [0.05, 0.1) is 6.04 Å². The van der Waals surface area contributed by atoms with Crippen molar-refractivity contribution in [1.29, 1.82) is 0 Å². The summed E-state index contributed by atoms with van der Waals surface area (Å²) < 4.78 is 0. The van der Waals surface area contributed by atoms with Gasteiger partial charge in [-0.25, -0.2) is 0 Å². The molecular weight excluding hydrogens is 308 g/mol. The van der Waals surface area contributed by atoms with Gasteiger partial charge in [-0.2, -0.15) is 0 Å².